The summed E-state index contributed by atoms with van der Waals surface area (Å²) in [5.74, 6) is -0.273. The predicted molar refractivity (Wildman–Crippen MR) is 52.4 cm³/mol. The van der Waals surface area contributed by atoms with E-state index in [2.05, 4.69) is 5.32 Å². The lowest BCUT2D eigenvalue weighted by Crippen LogP contribution is -2.33. The fourth-order valence-electron chi connectivity index (χ4n) is 0.974. The van der Waals surface area contributed by atoms with Gasteiger partial charge in [-0.3, -0.25) is 4.79 Å². The number of carbonyl (C=O) groups excluding carboxylic acids is 1. The maximum atomic E-state index is 10.5. The zero-order chi connectivity index (χ0) is 10.3. The topological polar surface area (TPSA) is 64.4 Å². The molecule has 3 N–H and O–H groups in total. The first-order valence-electron chi connectivity index (χ1n) is 4.65. The Bertz CT molecular complexity index is 149. The van der Waals surface area contributed by atoms with E-state index in [0.717, 1.165) is 6.54 Å². The molecule has 4 nitrogen and oxygen atoms in total. The van der Waals surface area contributed by atoms with Crippen LogP contribution in [0, 0.1) is 0 Å². The van der Waals surface area contributed by atoms with Crippen LogP contribution >= 0.6 is 0 Å². The van der Waals surface area contributed by atoms with Crippen LogP contribution in [-0.2, 0) is 9.53 Å². The second-order valence-corrected chi connectivity index (χ2v) is 3.45. The molecule has 1 unspecified atom stereocenters. The van der Waals surface area contributed by atoms with Gasteiger partial charge in [-0.2, -0.15) is 0 Å². The molecule has 1 atom stereocenters. The number of primary amides is 1. The summed E-state index contributed by atoms with van der Waals surface area (Å²) in [6.45, 7) is 7.34. The minimum atomic E-state index is -0.273. The van der Waals surface area contributed by atoms with Crippen LogP contribution < -0.4 is 11.1 Å². The Morgan fingerprint density at radius 1 is 1.46 bits per heavy atom. The zero-order valence-corrected chi connectivity index (χ0v) is 8.67. The molecule has 0 saturated heterocycles. The number of ether oxygens (including phenoxy) is 1. The second-order valence-electron chi connectivity index (χ2n) is 3.45. The van der Waals surface area contributed by atoms with Crippen LogP contribution in [0.4, 0.5) is 0 Å². The van der Waals surface area contributed by atoms with Gasteiger partial charge < -0.3 is 15.8 Å². The van der Waals surface area contributed by atoms with Gasteiger partial charge in [0.05, 0.1) is 12.7 Å². The van der Waals surface area contributed by atoms with Gasteiger partial charge in [0.2, 0.25) is 5.91 Å². The number of rotatable bonds is 7. The van der Waals surface area contributed by atoms with E-state index in [1.165, 1.54) is 0 Å². The fraction of sp³-hybridized carbons (Fsp3) is 0.889. The summed E-state index contributed by atoms with van der Waals surface area (Å²) >= 11 is 0. The van der Waals surface area contributed by atoms with Crippen LogP contribution in [0.25, 0.3) is 0 Å². The van der Waals surface area contributed by atoms with Crippen molar-refractivity contribution in [3.8, 4) is 0 Å². The lowest BCUT2D eigenvalue weighted by Gasteiger charge is -2.12. The first kappa shape index (κ1) is 12.4. The lowest BCUT2D eigenvalue weighted by atomic mass is 10.2. The smallest absolute Gasteiger partial charge is 0.218 e. The van der Waals surface area contributed by atoms with Gasteiger partial charge in [0.25, 0.3) is 0 Å². The van der Waals surface area contributed by atoms with Crippen molar-refractivity contribution in [3.63, 3.8) is 0 Å². The predicted octanol–water partition coefficient (Wildman–Crippen LogP) is 0.265. The van der Waals surface area contributed by atoms with Crippen LogP contribution in [0.2, 0.25) is 0 Å². The van der Waals surface area contributed by atoms with Crippen molar-refractivity contribution in [2.45, 2.75) is 39.3 Å². The molecule has 0 aliphatic rings. The van der Waals surface area contributed by atoms with Crippen LogP contribution in [0.15, 0.2) is 0 Å². The van der Waals surface area contributed by atoms with E-state index < -0.39 is 0 Å². The van der Waals surface area contributed by atoms with Gasteiger partial charge in [0, 0.05) is 19.0 Å². The highest BCUT2D eigenvalue weighted by Gasteiger charge is 2.04. The van der Waals surface area contributed by atoms with Crippen molar-refractivity contribution >= 4 is 5.91 Å². The Kier molecular flexibility index (Phi) is 6.54. The maximum Gasteiger partial charge on any atom is 0.218 e. The normalized spacial score (nSPS) is 13.2. The van der Waals surface area contributed by atoms with E-state index in [1.807, 2.05) is 20.8 Å². The Hall–Kier alpha value is -0.610. The summed E-state index contributed by atoms with van der Waals surface area (Å²) in [5.41, 5.74) is 5.04. The SMILES string of the molecule is CC(CC(N)=O)NCCOC(C)C. The van der Waals surface area contributed by atoms with Gasteiger partial charge in [0.15, 0.2) is 0 Å². The molecule has 0 aliphatic carbocycles. The monoisotopic (exact) mass is 188 g/mol. The highest BCUT2D eigenvalue weighted by Crippen LogP contribution is 1.89. The van der Waals surface area contributed by atoms with Crippen molar-refractivity contribution < 1.29 is 9.53 Å². The van der Waals surface area contributed by atoms with Gasteiger partial charge in [-0.05, 0) is 20.8 Å². The average Bonchev–Trinajstić information content (AvgIpc) is 1.96. The molecule has 13 heavy (non-hydrogen) atoms. The number of amides is 1. The van der Waals surface area contributed by atoms with Crippen LogP contribution in [0.5, 0.6) is 0 Å². The van der Waals surface area contributed by atoms with Crippen molar-refractivity contribution in [3.05, 3.63) is 0 Å². The molecule has 0 heterocycles. The molecule has 0 spiro atoms. The molecule has 0 rings (SSSR count). The van der Waals surface area contributed by atoms with Crippen LogP contribution in [0.1, 0.15) is 27.2 Å². The molecule has 78 valence electrons. The molecule has 0 aliphatic heterocycles. The largest absolute Gasteiger partial charge is 0.377 e. The molecule has 0 aromatic carbocycles. The van der Waals surface area contributed by atoms with E-state index in [1.54, 1.807) is 0 Å². The molecule has 0 saturated carbocycles. The van der Waals surface area contributed by atoms with E-state index in [4.69, 9.17) is 10.5 Å². The van der Waals surface area contributed by atoms with Gasteiger partial charge in [0.1, 0.15) is 0 Å². The van der Waals surface area contributed by atoms with Crippen molar-refractivity contribution in [2.75, 3.05) is 13.2 Å². The zero-order valence-electron chi connectivity index (χ0n) is 8.67. The third kappa shape index (κ3) is 9.30. The Morgan fingerprint density at radius 2 is 2.08 bits per heavy atom. The third-order valence-corrected chi connectivity index (χ3v) is 1.55. The number of carbonyl (C=O) groups is 1. The van der Waals surface area contributed by atoms with Gasteiger partial charge in [-0.15, -0.1) is 0 Å². The summed E-state index contributed by atoms with van der Waals surface area (Å²) in [5, 5.41) is 3.14. The molecular weight excluding hydrogens is 168 g/mol. The standard InChI is InChI=1S/C9H20N2O2/c1-7(2)13-5-4-11-8(3)6-9(10)12/h7-8,11H,4-6H2,1-3H3,(H2,10,12). The first-order valence-corrected chi connectivity index (χ1v) is 4.65. The number of hydrogen-bond acceptors (Lipinski definition) is 3. The summed E-state index contributed by atoms with van der Waals surface area (Å²) in [7, 11) is 0. The fourth-order valence-corrected chi connectivity index (χ4v) is 0.974. The van der Waals surface area contributed by atoms with Crippen LogP contribution in [0.3, 0.4) is 0 Å². The van der Waals surface area contributed by atoms with E-state index in [-0.39, 0.29) is 18.1 Å². The van der Waals surface area contributed by atoms with E-state index >= 15 is 0 Å². The molecule has 4 heteroatoms. The van der Waals surface area contributed by atoms with Gasteiger partial charge >= 0.3 is 0 Å². The second kappa shape index (κ2) is 6.86. The molecule has 0 bridgehead atoms. The number of nitrogens with one attached hydrogen (secondary N) is 1. The number of hydrogen-bond donors (Lipinski definition) is 2. The Balaban J connectivity index is 3.26. The Labute approximate surface area is 79.8 Å². The minimum Gasteiger partial charge on any atom is -0.377 e. The van der Waals surface area contributed by atoms with Crippen molar-refractivity contribution in [1.82, 2.24) is 5.32 Å². The van der Waals surface area contributed by atoms with Crippen molar-refractivity contribution in [2.24, 2.45) is 5.73 Å². The quantitative estimate of drug-likeness (QED) is 0.563. The van der Waals surface area contributed by atoms with Crippen LogP contribution in [-0.4, -0.2) is 31.2 Å². The van der Waals surface area contributed by atoms with Gasteiger partial charge in [-0.25, -0.2) is 0 Å². The highest BCUT2D eigenvalue weighted by molar-refractivity contribution is 5.74. The first-order chi connectivity index (χ1) is 6.02. The lowest BCUT2D eigenvalue weighted by molar-refractivity contribution is -0.118. The molecule has 1 amide bonds. The van der Waals surface area contributed by atoms with E-state index in [0.29, 0.717) is 13.0 Å². The maximum absolute atomic E-state index is 10.5. The Morgan fingerprint density at radius 3 is 2.54 bits per heavy atom. The third-order valence-electron chi connectivity index (χ3n) is 1.55. The minimum absolute atomic E-state index is 0.133. The summed E-state index contributed by atoms with van der Waals surface area (Å²) in [6.07, 6.45) is 0.634. The molecular formula is C9H20N2O2. The molecule has 0 aromatic rings. The molecule has 0 aromatic heterocycles. The number of nitrogens with two attached hydrogens (primary N) is 1. The highest BCUT2D eigenvalue weighted by atomic mass is 16.5. The summed E-state index contributed by atoms with van der Waals surface area (Å²) < 4.78 is 5.32. The van der Waals surface area contributed by atoms with Gasteiger partial charge in [-0.1, -0.05) is 0 Å². The molecule has 0 fully saturated rings. The average molecular weight is 188 g/mol. The van der Waals surface area contributed by atoms with Crippen molar-refractivity contribution in [1.29, 1.82) is 0 Å². The summed E-state index contributed by atoms with van der Waals surface area (Å²) in [6, 6.07) is 0.133. The van der Waals surface area contributed by atoms with E-state index in [9.17, 15) is 4.79 Å². The summed E-state index contributed by atoms with van der Waals surface area (Å²) in [4.78, 5) is 10.5. The molecule has 0 radical (unpaired) electrons.